The number of nitrogens with two attached hydrogens (primary N) is 1. The van der Waals surface area contributed by atoms with Gasteiger partial charge in [-0.1, -0.05) is 6.92 Å². The van der Waals surface area contributed by atoms with Gasteiger partial charge in [0.2, 0.25) is 0 Å². The number of aliphatic hydroxyl groups is 1. The molecule has 140 valence electrons. The number of aliphatic hydroxyl groups excluding tert-OH is 1. The topological polar surface area (TPSA) is 104 Å². The normalized spacial score (nSPS) is 23.6. The lowest BCUT2D eigenvalue weighted by atomic mass is 9.94. The second-order valence-electron chi connectivity index (χ2n) is 7.56. The van der Waals surface area contributed by atoms with Crippen LogP contribution in [0.5, 0.6) is 0 Å². The molecule has 2 unspecified atom stereocenters. The van der Waals surface area contributed by atoms with E-state index in [1.54, 1.807) is 11.8 Å². The van der Waals surface area contributed by atoms with E-state index in [-0.39, 0.29) is 28.7 Å². The number of nitrogen functional groups attached to an aromatic ring is 1. The molecule has 8 heteroatoms. The molecule has 1 saturated heterocycles. The lowest BCUT2D eigenvalue weighted by Crippen LogP contribution is -2.44. The number of aromatic nitrogens is 2. The maximum absolute atomic E-state index is 15.1. The van der Waals surface area contributed by atoms with Crippen molar-refractivity contribution in [1.29, 1.82) is 0 Å². The van der Waals surface area contributed by atoms with Gasteiger partial charge in [0.05, 0.1) is 28.4 Å². The molecule has 1 aliphatic carbocycles. The molecule has 0 bridgehead atoms. The van der Waals surface area contributed by atoms with Gasteiger partial charge in [0.15, 0.2) is 5.82 Å². The Labute approximate surface area is 149 Å². The summed E-state index contributed by atoms with van der Waals surface area (Å²) < 4.78 is 16.7. The average Bonchev–Trinajstić information content (AvgIpc) is 3.40. The van der Waals surface area contributed by atoms with Crippen molar-refractivity contribution in [2.24, 2.45) is 5.92 Å². The summed E-state index contributed by atoms with van der Waals surface area (Å²) >= 11 is 0. The number of H-pyrrole nitrogens is 1. The number of piperidine rings is 1. The number of nitrogens with zero attached hydrogens (tertiary/aromatic N) is 2. The number of halogens is 1. The minimum absolute atomic E-state index is 0.00484. The molecule has 2 atom stereocenters. The van der Waals surface area contributed by atoms with Gasteiger partial charge in [-0.2, -0.15) is 0 Å². The number of rotatable bonds is 2. The molecule has 4 rings (SSSR count). The van der Waals surface area contributed by atoms with Crippen LogP contribution < -0.4 is 21.9 Å². The van der Waals surface area contributed by atoms with E-state index in [2.05, 4.69) is 4.98 Å². The molecule has 1 aromatic carbocycles. The second kappa shape index (κ2) is 5.84. The van der Waals surface area contributed by atoms with Crippen LogP contribution in [0.15, 0.2) is 9.59 Å². The summed E-state index contributed by atoms with van der Waals surface area (Å²) in [6.45, 7) is 4.55. The molecule has 26 heavy (non-hydrogen) atoms. The molecule has 2 fully saturated rings. The summed E-state index contributed by atoms with van der Waals surface area (Å²) in [5.41, 5.74) is 5.80. The number of hydrogen-bond acceptors (Lipinski definition) is 5. The van der Waals surface area contributed by atoms with E-state index in [0.29, 0.717) is 24.2 Å². The fraction of sp³-hybridized carbons (Fsp3) is 0.556. The predicted octanol–water partition coefficient (Wildman–Crippen LogP) is 1.26. The van der Waals surface area contributed by atoms with Gasteiger partial charge in [-0.3, -0.25) is 14.3 Å². The van der Waals surface area contributed by atoms with E-state index >= 15 is 4.39 Å². The zero-order chi connectivity index (χ0) is 18.7. The van der Waals surface area contributed by atoms with E-state index in [0.717, 1.165) is 19.3 Å². The molecule has 2 aliphatic rings. The zero-order valence-electron chi connectivity index (χ0n) is 14.9. The summed E-state index contributed by atoms with van der Waals surface area (Å²) in [6, 6.07) is 0.00484. The van der Waals surface area contributed by atoms with Crippen LogP contribution in [-0.2, 0) is 0 Å². The summed E-state index contributed by atoms with van der Waals surface area (Å²) in [5.74, 6) is -0.525. The predicted molar refractivity (Wildman–Crippen MR) is 98.2 cm³/mol. The zero-order valence-corrected chi connectivity index (χ0v) is 14.9. The molecule has 4 N–H and O–H groups in total. The Morgan fingerprint density at radius 2 is 1.96 bits per heavy atom. The number of anilines is 2. The van der Waals surface area contributed by atoms with Gasteiger partial charge in [-0.15, -0.1) is 0 Å². The third-order valence-electron chi connectivity index (χ3n) is 5.72. The number of β-amino-alcohol motifs (C(OH)–C–C–N with tert-alkyl or cyclic N) is 1. The number of benzene rings is 1. The first kappa shape index (κ1) is 17.1. The molecule has 1 aliphatic heterocycles. The van der Waals surface area contributed by atoms with Crippen molar-refractivity contribution in [3.8, 4) is 0 Å². The maximum atomic E-state index is 15.1. The number of aryl methyl sites for hydroxylation is 1. The van der Waals surface area contributed by atoms with E-state index in [4.69, 9.17) is 5.73 Å². The van der Waals surface area contributed by atoms with Gasteiger partial charge in [-0.25, -0.2) is 9.18 Å². The smallest absolute Gasteiger partial charge is 0.329 e. The highest BCUT2D eigenvalue weighted by molar-refractivity contribution is 5.97. The molecular weight excluding hydrogens is 339 g/mol. The van der Waals surface area contributed by atoms with Crippen molar-refractivity contribution in [1.82, 2.24) is 9.55 Å². The number of hydrogen-bond donors (Lipinski definition) is 3. The Balaban J connectivity index is 2.02. The van der Waals surface area contributed by atoms with Crippen LogP contribution in [0.4, 0.5) is 15.8 Å². The van der Waals surface area contributed by atoms with Gasteiger partial charge < -0.3 is 15.7 Å². The molecule has 0 amide bonds. The first-order chi connectivity index (χ1) is 12.3. The fourth-order valence-electron chi connectivity index (χ4n) is 3.99. The minimum atomic E-state index is -0.666. The fourth-order valence-corrected chi connectivity index (χ4v) is 3.99. The molecule has 1 saturated carbocycles. The van der Waals surface area contributed by atoms with Crippen LogP contribution in [0.1, 0.15) is 37.8 Å². The van der Waals surface area contributed by atoms with Crippen LogP contribution in [0.2, 0.25) is 0 Å². The lowest BCUT2D eigenvalue weighted by molar-refractivity contribution is 0.102. The molecule has 0 spiro atoms. The largest absolute Gasteiger partial charge is 0.396 e. The van der Waals surface area contributed by atoms with Gasteiger partial charge in [0, 0.05) is 24.7 Å². The minimum Gasteiger partial charge on any atom is -0.396 e. The molecule has 2 aromatic rings. The van der Waals surface area contributed by atoms with Crippen molar-refractivity contribution in [3.63, 3.8) is 0 Å². The molecule has 2 heterocycles. The van der Waals surface area contributed by atoms with Gasteiger partial charge in [-0.05, 0) is 32.1 Å². The van der Waals surface area contributed by atoms with Crippen LogP contribution in [0.25, 0.3) is 10.9 Å². The lowest BCUT2D eigenvalue weighted by Gasteiger charge is -2.37. The number of fused-ring (bicyclic) bond motifs is 1. The van der Waals surface area contributed by atoms with Gasteiger partial charge >= 0.3 is 5.69 Å². The Kier molecular flexibility index (Phi) is 3.83. The van der Waals surface area contributed by atoms with Crippen molar-refractivity contribution in [2.45, 2.75) is 45.3 Å². The summed E-state index contributed by atoms with van der Waals surface area (Å²) in [5, 5.41) is 10.2. The molecule has 7 nitrogen and oxygen atoms in total. The quantitative estimate of drug-likeness (QED) is 0.698. The Bertz CT molecular complexity index is 1010. The number of aromatic amines is 1. The molecule has 1 aromatic heterocycles. The third kappa shape index (κ3) is 2.43. The maximum Gasteiger partial charge on any atom is 0.329 e. The third-order valence-corrected chi connectivity index (χ3v) is 5.72. The summed E-state index contributed by atoms with van der Waals surface area (Å²) in [7, 11) is 0. The van der Waals surface area contributed by atoms with E-state index in [1.807, 2.05) is 6.92 Å². The van der Waals surface area contributed by atoms with Gasteiger partial charge in [0.1, 0.15) is 0 Å². The highest BCUT2D eigenvalue weighted by Crippen LogP contribution is 2.41. The van der Waals surface area contributed by atoms with Crippen LogP contribution >= 0.6 is 0 Å². The Morgan fingerprint density at radius 3 is 2.58 bits per heavy atom. The first-order valence-electron chi connectivity index (χ1n) is 9.00. The van der Waals surface area contributed by atoms with Crippen LogP contribution in [0.3, 0.4) is 0 Å². The number of nitrogens with one attached hydrogen (secondary N) is 1. The van der Waals surface area contributed by atoms with E-state index < -0.39 is 23.2 Å². The van der Waals surface area contributed by atoms with Crippen molar-refractivity contribution in [3.05, 3.63) is 32.2 Å². The van der Waals surface area contributed by atoms with Crippen molar-refractivity contribution in [2.75, 3.05) is 23.7 Å². The van der Waals surface area contributed by atoms with Crippen LogP contribution in [0, 0.1) is 18.7 Å². The van der Waals surface area contributed by atoms with E-state index in [1.165, 1.54) is 4.57 Å². The summed E-state index contributed by atoms with van der Waals surface area (Å²) in [4.78, 5) is 28.8. The van der Waals surface area contributed by atoms with Gasteiger partial charge in [0.25, 0.3) is 5.56 Å². The highest BCUT2D eigenvalue weighted by Gasteiger charge is 2.33. The second-order valence-corrected chi connectivity index (χ2v) is 7.56. The Hall–Kier alpha value is -2.35. The van der Waals surface area contributed by atoms with Crippen molar-refractivity contribution >= 4 is 22.3 Å². The highest BCUT2D eigenvalue weighted by atomic mass is 19.1. The summed E-state index contributed by atoms with van der Waals surface area (Å²) in [6.07, 6.45) is 1.84. The molecular formula is C18H23FN4O3. The SMILES string of the molecule is Cc1c(N2CCC(C)C(O)C2)c(F)c(N)c2c(=O)[nH]c(=O)n(C3CC3)c12. The van der Waals surface area contributed by atoms with E-state index in [9.17, 15) is 14.7 Å². The van der Waals surface area contributed by atoms with Crippen LogP contribution in [-0.4, -0.2) is 33.9 Å². The monoisotopic (exact) mass is 362 g/mol. The first-order valence-corrected chi connectivity index (χ1v) is 9.00. The Morgan fingerprint density at radius 1 is 1.27 bits per heavy atom. The molecule has 0 radical (unpaired) electrons. The van der Waals surface area contributed by atoms with Crippen molar-refractivity contribution < 1.29 is 9.50 Å². The standard InChI is InChI=1S/C18H23FN4O3/c1-8-5-6-22(7-11(8)24)16-9(2)15-12(14(20)13(16)19)17(25)21-18(26)23(15)10-3-4-10/h8,10-11,24H,3-7,20H2,1-2H3,(H,21,25,26). The average molecular weight is 362 g/mol.